The Morgan fingerprint density at radius 2 is 1.50 bits per heavy atom. The minimum atomic E-state index is 1.04. The Morgan fingerprint density at radius 1 is 0.750 bits per heavy atom. The Morgan fingerprint density at radius 3 is 2.30 bits per heavy atom. The lowest BCUT2D eigenvalue weighted by Crippen LogP contribution is -1.84. The molecule has 0 aromatic heterocycles. The van der Waals surface area contributed by atoms with Crippen molar-refractivity contribution in [1.82, 2.24) is 0 Å². The number of rotatable bonds is 4. The van der Waals surface area contributed by atoms with E-state index < -0.39 is 0 Å². The van der Waals surface area contributed by atoms with Gasteiger partial charge in [-0.3, -0.25) is 0 Å². The van der Waals surface area contributed by atoms with Gasteiger partial charge in [0.1, 0.15) is 0 Å². The summed E-state index contributed by atoms with van der Waals surface area (Å²) in [5, 5.41) is 2.61. The monoisotopic (exact) mass is 258 g/mol. The average Bonchev–Trinajstić information content (AvgIpc) is 2.53. The van der Waals surface area contributed by atoms with Crippen LogP contribution >= 0.6 is 0 Å². The fraction of sp³-hybridized carbons (Fsp3) is 0.100. The van der Waals surface area contributed by atoms with Crippen molar-refractivity contribution in [2.45, 2.75) is 12.8 Å². The van der Waals surface area contributed by atoms with Crippen LogP contribution in [0.2, 0.25) is 0 Å². The molecule has 0 unspecified atom stereocenters. The molecule has 20 heavy (non-hydrogen) atoms. The number of fused-ring (bicyclic) bond motifs is 1. The van der Waals surface area contributed by atoms with E-state index in [2.05, 4.69) is 73.3 Å². The first-order chi connectivity index (χ1) is 9.86. The first-order valence-corrected chi connectivity index (χ1v) is 7.06. The summed E-state index contributed by atoms with van der Waals surface area (Å²) < 4.78 is 0. The number of aryl methyl sites for hydroxylation is 1. The van der Waals surface area contributed by atoms with Crippen LogP contribution in [0.25, 0.3) is 21.9 Å². The molecule has 3 aromatic rings. The van der Waals surface area contributed by atoms with E-state index in [9.17, 15) is 0 Å². The van der Waals surface area contributed by atoms with Crippen molar-refractivity contribution < 1.29 is 0 Å². The predicted molar refractivity (Wildman–Crippen MR) is 87.9 cm³/mol. The molecule has 0 saturated heterocycles. The van der Waals surface area contributed by atoms with Gasteiger partial charge in [-0.2, -0.15) is 0 Å². The van der Waals surface area contributed by atoms with E-state index in [1.54, 1.807) is 0 Å². The lowest BCUT2D eigenvalue weighted by Gasteiger charge is -2.06. The van der Waals surface area contributed by atoms with Gasteiger partial charge in [0.25, 0.3) is 0 Å². The summed E-state index contributed by atoms with van der Waals surface area (Å²) in [5.74, 6) is 0. The van der Waals surface area contributed by atoms with Gasteiger partial charge < -0.3 is 0 Å². The summed E-state index contributed by atoms with van der Waals surface area (Å²) >= 11 is 0. The molecule has 0 amide bonds. The van der Waals surface area contributed by atoms with Crippen molar-refractivity contribution >= 4 is 10.8 Å². The maximum Gasteiger partial charge on any atom is -0.0178 e. The molecule has 0 bridgehead atoms. The highest BCUT2D eigenvalue weighted by atomic mass is 14.0. The number of hydrogen-bond donors (Lipinski definition) is 0. The Balaban J connectivity index is 1.98. The second-order valence-corrected chi connectivity index (χ2v) is 5.09. The molecule has 0 saturated carbocycles. The minimum Gasteiger partial charge on any atom is -0.103 e. The first kappa shape index (κ1) is 12.7. The van der Waals surface area contributed by atoms with Gasteiger partial charge in [0.05, 0.1) is 0 Å². The van der Waals surface area contributed by atoms with Gasteiger partial charge in [-0.25, -0.2) is 0 Å². The third-order valence-electron chi connectivity index (χ3n) is 3.65. The highest BCUT2D eigenvalue weighted by molar-refractivity contribution is 5.87. The smallest absolute Gasteiger partial charge is 0.0178 e. The maximum absolute atomic E-state index is 3.78. The molecule has 0 radical (unpaired) electrons. The highest BCUT2D eigenvalue weighted by Gasteiger charge is 2.00. The van der Waals surface area contributed by atoms with Crippen LogP contribution < -0.4 is 0 Å². The lowest BCUT2D eigenvalue weighted by atomic mass is 9.99. The first-order valence-electron chi connectivity index (χ1n) is 7.06. The minimum absolute atomic E-state index is 1.04. The molecule has 0 spiro atoms. The van der Waals surface area contributed by atoms with E-state index in [1.165, 1.54) is 27.5 Å². The van der Waals surface area contributed by atoms with Gasteiger partial charge in [0.2, 0.25) is 0 Å². The van der Waals surface area contributed by atoms with E-state index in [0.29, 0.717) is 0 Å². The standard InChI is InChI=1S/C20H18/c1-2-3-7-16-10-11-20-15-19(13-12-18(20)14-16)17-8-5-4-6-9-17/h2,4-6,8-15H,1,3,7H2. The molecule has 0 heterocycles. The van der Waals surface area contributed by atoms with Gasteiger partial charge in [-0.05, 0) is 46.4 Å². The molecule has 0 aliphatic rings. The second kappa shape index (κ2) is 5.75. The third kappa shape index (κ3) is 2.65. The molecule has 0 aliphatic carbocycles. The van der Waals surface area contributed by atoms with Crippen LogP contribution in [0, 0.1) is 0 Å². The third-order valence-corrected chi connectivity index (χ3v) is 3.65. The van der Waals surface area contributed by atoms with Crippen LogP contribution in [-0.2, 0) is 6.42 Å². The molecule has 0 heteroatoms. The fourth-order valence-corrected chi connectivity index (χ4v) is 2.53. The summed E-state index contributed by atoms with van der Waals surface area (Å²) in [6, 6.07) is 23.9. The van der Waals surface area contributed by atoms with Crippen molar-refractivity contribution in [1.29, 1.82) is 0 Å². The molecule has 98 valence electrons. The van der Waals surface area contributed by atoms with Crippen molar-refractivity contribution in [3.8, 4) is 11.1 Å². The Kier molecular flexibility index (Phi) is 3.64. The van der Waals surface area contributed by atoms with Crippen LogP contribution in [0.4, 0.5) is 0 Å². The number of benzene rings is 3. The molecule has 3 aromatic carbocycles. The highest BCUT2D eigenvalue weighted by Crippen LogP contribution is 2.25. The topological polar surface area (TPSA) is 0 Å². The zero-order valence-electron chi connectivity index (χ0n) is 11.5. The zero-order chi connectivity index (χ0) is 13.8. The molecule has 0 nitrogen and oxygen atoms in total. The average molecular weight is 258 g/mol. The van der Waals surface area contributed by atoms with Crippen LogP contribution in [0.5, 0.6) is 0 Å². The summed E-state index contributed by atoms with van der Waals surface area (Å²) in [6.45, 7) is 3.78. The zero-order valence-corrected chi connectivity index (χ0v) is 11.5. The van der Waals surface area contributed by atoms with Crippen molar-refractivity contribution in [2.75, 3.05) is 0 Å². The van der Waals surface area contributed by atoms with Crippen LogP contribution in [0.15, 0.2) is 79.4 Å². The molecular weight excluding hydrogens is 240 g/mol. The molecule has 3 rings (SSSR count). The van der Waals surface area contributed by atoms with Crippen LogP contribution in [0.3, 0.4) is 0 Å². The molecule has 0 atom stereocenters. The Bertz CT molecular complexity index is 723. The summed E-state index contributed by atoms with van der Waals surface area (Å²) in [5.41, 5.74) is 3.92. The predicted octanol–water partition coefficient (Wildman–Crippen LogP) is 5.63. The second-order valence-electron chi connectivity index (χ2n) is 5.09. The van der Waals surface area contributed by atoms with Gasteiger partial charge in [0.15, 0.2) is 0 Å². The van der Waals surface area contributed by atoms with Gasteiger partial charge in [0, 0.05) is 0 Å². The van der Waals surface area contributed by atoms with Crippen LogP contribution in [-0.4, -0.2) is 0 Å². The number of hydrogen-bond acceptors (Lipinski definition) is 0. The summed E-state index contributed by atoms with van der Waals surface area (Å²) in [6.07, 6.45) is 4.08. The Labute approximate surface area is 120 Å². The van der Waals surface area contributed by atoms with Gasteiger partial charge in [-0.1, -0.05) is 66.7 Å². The lowest BCUT2D eigenvalue weighted by molar-refractivity contribution is 1.01. The van der Waals surface area contributed by atoms with E-state index in [4.69, 9.17) is 0 Å². The number of allylic oxidation sites excluding steroid dienone is 1. The summed E-state index contributed by atoms with van der Waals surface area (Å²) in [7, 11) is 0. The molecular formula is C20H18. The fourth-order valence-electron chi connectivity index (χ4n) is 2.53. The van der Waals surface area contributed by atoms with Crippen molar-refractivity contribution in [2.24, 2.45) is 0 Å². The summed E-state index contributed by atoms with van der Waals surface area (Å²) in [4.78, 5) is 0. The largest absolute Gasteiger partial charge is 0.103 e. The Hall–Kier alpha value is -2.34. The normalized spacial score (nSPS) is 10.6. The molecule has 0 fully saturated rings. The van der Waals surface area contributed by atoms with E-state index >= 15 is 0 Å². The van der Waals surface area contributed by atoms with E-state index in [0.717, 1.165) is 12.8 Å². The SMILES string of the molecule is C=CCCc1ccc2cc(-c3ccccc3)ccc2c1. The van der Waals surface area contributed by atoms with Crippen LogP contribution in [0.1, 0.15) is 12.0 Å². The quantitative estimate of drug-likeness (QED) is 0.532. The van der Waals surface area contributed by atoms with Crippen molar-refractivity contribution in [3.05, 3.63) is 84.9 Å². The van der Waals surface area contributed by atoms with Crippen molar-refractivity contribution in [3.63, 3.8) is 0 Å². The van der Waals surface area contributed by atoms with Gasteiger partial charge >= 0.3 is 0 Å². The molecule has 0 aliphatic heterocycles. The van der Waals surface area contributed by atoms with Gasteiger partial charge in [-0.15, -0.1) is 6.58 Å². The van der Waals surface area contributed by atoms with E-state index in [-0.39, 0.29) is 0 Å². The molecule has 0 N–H and O–H groups in total. The maximum atomic E-state index is 3.78. The van der Waals surface area contributed by atoms with E-state index in [1.807, 2.05) is 6.08 Å².